The van der Waals surface area contributed by atoms with Crippen molar-refractivity contribution in [3.8, 4) is 0 Å². The van der Waals surface area contributed by atoms with Gasteiger partial charge in [0, 0.05) is 43.3 Å². The average molecular weight is 562 g/mol. The summed E-state index contributed by atoms with van der Waals surface area (Å²) < 4.78 is 0. The first-order valence-electron chi connectivity index (χ1n) is 13.7. The van der Waals surface area contributed by atoms with Crippen molar-refractivity contribution in [3.63, 3.8) is 0 Å². The second kappa shape index (κ2) is 12.9. The molecule has 0 saturated heterocycles. The van der Waals surface area contributed by atoms with E-state index in [2.05, 4.69) is 15.6 Å². The van der Waals surface area contributed by atoms with Crippen molar-refractivity contribution < 1.29 is 19.2 Å². The Morgan fingerprint density at radius 1 is 0.762 bits per heavy atom. The molecule has 0 spiro atoms. The first kappa shape index (κ1) is 28.2. The number of anilines is 2. The van der Waals surface area contributed by atoms with Gasteiger partial charge in [0.25, 0.3) is 11.8 Å². The number of carbonyl (C=O) groups excluding carboxylic acids is 4. The van der Waals surface area contributed by atoms with E-state index in [0.717, 1.165) is 11.1 Å². The largest absolute Gasteiger partial charge is 0.324 e. The summed E-state index contributed by atoms with van der Waals surface area (Å²) in [5.74, 6) is -0.813. The van der Waals surface area contributed by atoms with E-state index in [9.17, 15) is 19.2 Å². The maximum absolute atomic E-state index is 13.0. The van der Waals surface area contributed by atoms with Crippen LogP contribution in [0.25, 0.3) is 12.2 Å². The van der Waals surface area contributed by atoms with Gasteiger partial charge in [0.1, 0.15) is 12.1 Å². The van der Waals surface area contributed by atoms with Crippen LogP contribution in [0.4, 0.5) is 11.4 Å². The molecule has 0 aliphatic carbocycles. The second-order valence-corrected chi connectivity index (χ2v) is 10.0. The van der Waals surface area contributed by atoms with Gasteiger partial charge in [0.2, 0.25) is 11.8 Å². The molecule has 2 N–H and O–H groups in total. The number of nitrogens with zero attached hydrogens (tertiary/aromatic N) is 3. The number of hydrogen-bond donors (Lipinski definition) is 2. The maximum Gasteiger partial charge on any atom is 0.251 e. The zero-order chi connectivity index (χ0) is 29.5. The van der Waals surface area contributed by atoms with Crippen molar-refractivity contribution in [2.45, 2.75) is 25.4 Å². The van der Waals surface area contributed by atoms with E-state index in [1.807, 2.05) is 78.9 Å². The first-order chi connectivity index (χ1) is 20.4. The van der Waals surface area contributed by atoms with Gasteiger partial charge < -0.3 is 20.4 Å². The topological polar surface area (TPSA) is 112 Å². The molecule has 2 aliphatic rings. The fraction of sp³-hybridized carbons (Fsp3) is 0.182. The molecule has 3 heterocycles. The molecule has 2 aromatic carbocycles. The van der Waals surface area contributed by atoms with Crippen LogP contribution in [0.5, 0.6) is 0 Å². The molecule has 212 valence electrons. The summed E-state index contributed by atoms with van der Waals surface area (Å²) in [6, 6.07) is 19.0. The van der Waals surface area contributed by atoms with Gasteiger partial charge in [-0.2, -0.15) is 0 Å². The van der Waals surface area contributed by atoms with E-state index in [0.29, 0.717) is 30.2 Å². The molecule has 0 bridgehead atoms. The van der Waals surface area contributed by atoms with Gasteiger partial charge in [-0.05, 0) is 47.5 Å². The van der Waals surface area contributed by atoms with E-state index in [1.165, 1.54) is 11.8 Å². The van der Waals surface area contributed by atoms with Gasteiger partial charge in [0.05, 0.1) is 6.42 Å². The summed E-state index contributed by atoms with van der Waals surface area (Å²) in [7, 11) is 0. The Kier molecular flexibility index (Phi) is 8.67. The van der Waals surface area contributed by atoms with Crippen molar-refractivity contribution >= 4 is 47.2 Å². The van der Waals surface area contributed by atoms with Gasteiger partial charge in [-0.25, -0.2) is 0 Å². The van der Waals surface area contributed by atoms with E-state index < -0.39 is 12.1 Å². The third-order valence-electron chi connectivity index (χ3n) is 7.06. The maximum atomic E-state index is 13.0. The van der Waals surface area contributed by atoms with Gasteiger partial charge >= 0.3 is 0 Å². The lowest BCUT2D eigenvalue weighted by Crippen LogP contribution is -2.44. The molecule has 0 unspecified atom stereocenters. The molecule has 4 amide bonds. The molecule has 9 nitrogen and oxygen atoms in total. The summed E-state index contributed by atoms with van der Waals surface area (Å²) in [6.45, 7) is 2.28. The summed E-state index contributed by atoms with van der Waals surface area (Å²) in [5.41, 5.74) is 3.83. The highest BCUT2D eigenvalue weighted by molar-refractivity contribution is 6.00. The van der Waals surface area contributed by atoms with Gasteiger partial charge in [-0.3, -0.25) is 24.2 Å². The molecule has 42 heavy (non-hydrogen) atoms. The molecule has 2 aliphatic heterocycles. The molecular formula is C33H31N5O4. The Morgan fingerprint density at radius 2 is 1.29 bits per heavy atom. The summed E-state index contributed by atoms with van der Waals surface area (Å²) in [4.78, 5) is 57.3. The number of hydrogen-bond acceptors (Lipinski definition) is 5. The molecule has 2 atom stereocenters. The number of aromatic nitrogens is 1. The minimum absolute atomic E-state index is 0.141. The zero-order valence-electron chi connectivity index (χ0n) is 23.1. The lowest BCUT2D eigenvalue weighted by Gasteiger charge is -2.24. The van der Waals surface area contributed by atoms with Crippen molar-refractivity contribution in [1.29, 1.82) is 0 Å². The fourth-order valence-electron chi connectivity index (χ4n) is 4.82. The highest BCUT2D eigenvalue weighted by atomic mass is 16.2. The fourth-order valence-corrected chi connectivity index (χ4v) is 4.82. The molecular weight excluding hydrogens is 530 g/mol. The van der Waals surface area contributed by atoms with Crippen molar-refractivity contribution in [1.82, 2.24) is 14.8 Å². The smallest absolute Gasteiger partial charge is 0.251 e. The number of amides is 4. The van der Waals surface area contributed by atoms with Crippen LogP contribution in [-0.4, -0.2) is 63.6 Å². The van der Waals surface area contributed by atoms with E-state index in [1.54, 1.807) is 35.4 Å². The average Bonchev–Trinajstić information content (AvgIpc) is 3.69. The number of benzene rings is 2. The summed E-state index contributed by atoms with van der Waals surface area (Å²) in [5, 5.41) is 5.76. The first-order valence-corrected chi connectivity index (χ1v) is 13.7. The number of carbonyl (C=O) groups is 4. The van der Waals surface area contributed by atoms with E-state index in [4.69, 9.17) is 0 Å². The van der Waals surface area contributed by atoms with Crippen LogP contribution in [0.3, 0.4) is 0 Å². The normalized spacial score (nSPS) is 17.5. The predicted molar refractivity (Wildman–Crippen MR) is 162 cm³/mol. The van der Waals surface area contributed by atoms with Crippen LogP contribution in [0.1, 0.15) is 23.7 Å². The number of rotatable bonds is 8. The Bertz CT molecular complexity index is 1550. The Labute approximate surface area is 244 Å². The quantitative estimate of drug-likeness (QED) is 0.320. The van der Waals surface area contributed by atoms with Crippen LogP contribution in [0.2, 0.25) is 0 Å². The molecule has 1 aromatic heterocycles. The molecule has 0 radical (unpaired) electrons. The zero-order valence-corrected chi connectivity index (χ0v) is 23.1. The van der Waals surface area contributed by atoms with Gasteiger partial charge in [-0.1, -0.05) is 66.8 Å². The second-order valence-electron chi connectivity index (χ2n) is 10.0. The SMILES string of the molecule is CC(=O)N1CC=C[C@H]1C(=O)Nc1ccc(/C=C/c2ccc(NC(=O)[C@@H]3C=CCN3C(=O)Cc3ccccn3)cc2)cc1. The van der Waals surface area contributed by atoms with Crippen LogP contribution >= 0.6 is 0 Å². The van der Waals surface area contributed by atoms with Gasteiger partial charge in [0.15, 0.2) is 0 Å². The summed E-state index contributed by atoms with van der Waals surface area (Å²) in [6.07, 6.45) is 12.8. The summed E-state index contributed by atoms with van der Waals surface area (Å²) >= 11 is 0. The molecule has 9 heteroatoms. The molecule has 0 saturated carbocycles. The highest BCUT2D eigenvalue weighted by Crippen LogP contribution is 2.19. The van der Waals surface area contributed by atoms with Crippen LogP contribution in [-0.2, 0) is 25.6 Å². The van der Waals surface area contributed by atoms with Crippen molar-refractivity contribution in [3.05, 3.63) is 114 Å². The minimum atomic E-state index is -0.670. The lowest BCUT2D eigenvalue weighted by molar-refractivity contribution is -0.135. The van der Waals surface area contributed by atoms with Crippen molar-refractivity contribution in [2.75, 3.05) is 23.7 Å². The molecule has 3 aromatic rings. The monoisotopic (exact) mass is 561 g/mol. The van der Waals surface area contributed by atoms with Crippen LogP contribution < -0.4 is 10.6 Å². The third kappa shape index (κ3) is 6.87. The molecule has 0 fully saturated rings. The lowest BCUT2D eigenvalue weighted by atomic mass is 10.1. The van der Waals surface area contributed by atoms with Crippen LogP contribution in [0, 0.1) is 0 Å². The Morgan fingerprint density at radius 3 is 1.79 bits per heavy atom. The number of pyridine rings is 1. The van der Waals surface area contributed by atoms with Crippen LogP contribution in [0.15, 0.2) is 97.2 Å². The Balaban J connectivity index is 1.13. The third-order valence-corrected chi connectivity index (χ3v) is 7.06. The van der Waals surface area contributed by atoms with E-state index in [-0.39, 0.29) is 30.0 Å². The Hall–Kier alpha value is -5.31. The van der Waals surface area contributed by atoms with Gasteiger partial charge in [-0.15, -0.1) is 0 Å². The molecule has 5 rings (SSSR count). The van der Waals surface area contributed by atoms with E-state index >= 15 is 0 Å². The predicted octanol–water partition coefficient (Wildman–Crippen LogP) is 3.93. The standard InChI is InChI=1S/C33H31N5O4/c1-23(39)37-20-4-7-29(37)32(41)35-26-15-11-24(12-16-26)9-10-25-13-17-27(18-14-25)36-33(42)30-8-5-21-38(30)31(40)22-28-6-2-3-19-34-28/h2-19,29-30H,20-22H2,1H3,(H,35,41)(H,36,42)/b10-9+/t29-,30-/m0/s1. The minimum Gasteiger partial charge on any atom is -0.324 e. The van der Waals surface area contributed by atoms with Crippen molar-refractivity contribution in [2.24, 2.45) is 0 Å². The number of nitrogens with one attached hydrogen (secondary N) is 2. The highest BCUT2D eigenvalue weighted by Gasteiger charge is 2.31.